The van der Waals surface area contributed by atoms with Gasteiger partial charge in [-0.1, -0.05) is 0 Å². The molecule has 1 aliphatic heterocycles. The minimum absolute atomic E-state index is 0.464. The zero-order valence-corrected chi connectivity index (χ0v) is 8.77. The van der Waals surface area contributed by atoms with Gasteiger partial charge in [-0.2, -0.15) is 0 Å². The van der Waals surface area contributed by atoms with Crippen LogP contribution in [0, 0.1) is 0 Å². The van der Waals surface area contributed by atoms with Gasteiger partial charge in [-0.05, 0) is 13.5 Å². The molecule has 0 aromatic heterocycles. The standard InChI is InChI=1S/C6H14ClN2O2P/c1-9(5-3-7)12(10)8-4-2-6-11-12/h2-6H2,1H3,(H,8,10). The molecule has 0 spiro atoms. The fourth-order valence-electron chi connectivity index (χ4n) is 1.000. The molecule has 12 heavy (non-hydrogen) atoms. The summed E-state index contributed by atoms with van der Waals surface area (Å²) in [6.07, 6.45) is 0.915. The fourth-order valence-corrected chi connectivity index (χ4v) is 3.08. The Labute approximate surface area is 77.8 Å². The molecule has 1 unspecified atom stereocenters. The monoisotopic (exact) mass is 212 g/mol. The molecule has 4 nitrogen and oxygen atoms in total. The lowest BCUT2D eigenvalue weighted by atomic mass is 10.5. The van der Waals surface area contributed by atoms with E-state index >= 15 is 0 Å². The van der Waals surface area contributed by atoms with Crippen molar-refractivity contribution in [3.63, 3.8) is 0 Å². The molecular formula is C6H14ClN2O2P. The van der Waals surface area contributed by atoms with Crippen LogP contribution in [0.15, 0.2) is 0 Å². The van der Waals surface area contributed by atoms with Crippen molar-refractivity contribution in [3.05, 3.63) is 0 Å². The van der Waals surface area contributed by atoms with Crippen molar-refractivity contribution in [1.29, 1.82) is 0 Å². The van der Waals surface area contributed by atoms with Gasteiger partial charge < -0.3 is 4.52 Å². The van der Waals surface area contributed by atoms with E-state index < -0.39 is 7.67 Å². The summed E-state index contributed by atoms with van der Waals surface area (Å²) < 4.78 is 18.7. The molecule has 1 fully saturated rings. The van der Waals surface area contributed by atoms with Crippen LogP contribution in [-0.2, 0) is 9.09 Å². The number of hydrogen-bond donors (Lipinski definition) is 1. The molecule has 1 saturated heterocycles. The van der Waals surface area contributed by atoms with Gasteiger partial charge in [-0.15, -0.1) is 11.6 Å². The Kier molecular flexibility index (Phi) is 4.00. The van der Waals surface area contributed by atoms with E-state index in [0.717, 1.165) is 13.0 Å². The zero-order chi connectivity index (χ0) is 9.03. The van der Waals surface area contributed by atoms with E-state index in [9.17, 15) is 4.57 Å². The highest BCUT2D eigenvalue weighted by molar-refractivity contribution is 7.54. The van der Waals surface area contributed by atoms with Crippen molar-refractivity contribution < 1.29 is 9.09 Å². The molecule has 0 aromatic carbocycles. The van der Waals surface area contributed by atoms with Crippen molar-refractivity contribution in [2.75, 3.05) is 32.6 Å². The van der Waals surface area contributed by atoms with Gasteiger partial charge in [0.05, 0.1) is 6.61 Å². The molecule has 0 aromatic rings. The summed E-state index contributed by atoms with van der Waals surface area (Å²) in [4.78, 5) is 0. The first-order valence-corrected chi connectivity index (χ1v) is 6.07. The molecule has 1 N–H and O–H groups in total. The molecule has 1 rings (SSSR count). The molecule has 1 heterocycles. The lowest BCUT2D eigenvalue weighted by molar-refractivity contribution is 0.240. The van der Waals surface area contributed by atoms with E-state index in [1.807, 2.05) is 0 Å². The Morgan fingerprint density at radius 3 is 3.00 bits per heavy atom. The minimum atomic E-state index is -2.72. The molecule has 0 saturated carbocycles. The van der Waals surface area contributed by atoms with Crippen molar-refractivity contribution in [2.45, 2.75) is 6.42 Å². The zero-order valence-electron chi connectivity index (χ0n) is 7.12. The van der Waals surface area contributed by atoms with Crippen LogP contribution >= 0.6 is 19.3 Å². The maximum absolute atomic E-state index is 11.9. The summed E-state index contributed by atoms with van der Waals surface area (Å²) in [5.74, 6) is 0.464. The van der Waals surface area contributed by atoms with Gasteiger partial charge in [0.2, 0.25) is 0 Å². The van der Waals surface area contributed by atoms with E-state index in [4.69, 9.17) is 16.1 Å². The highest BCUT2D eigenvalue weighted by Gasteiger charge is 2.30. The summed E-state index contributed by atoms with van der Waals surface area (Å²) in [6, 6.07) is 0. The van der Waals surface area contributed by atoms with Gasteiger partial charge in [-0.3, -0.25) is 4.57 Å². The number of hydrogen-bond acceptors (Lipinski definition) is 2. The highest BCUT2D eigenvalue weighted by atomic mass is 35.5. The summed E-state index contributed by atoms with van der Waals surface area (Å²) >= 11 is 5.53. The van der Waals surface area contributed by atoms with Crippen LogP contribution in [0.1, 0.15) is 6.42 Å². The molecule has 0 amide bonds. The predicted molar refractivity (Wildman–Crippen MR) is 49.5 cm³/mol. The normalized spacial score (nSPS) is 30.9. The van der Waals surface area contributed by atoms with Gasteiger partial charge in [0, 0.05) is 19.0 Å². The highest BCUT2D eigenvalue weighted by Crippen LogP contribution is 2.46. The quantitative estimate of drug-likeness (QED) is 0.565. The maximum Gasteiger partial charge on any atom is 0.343 e. The van der Waals surface area contributed by atoms with Crippen molar-refractivity contribution in [2.24, 2.45) is 0 Å². The van der Waals surface area contributed by atoms with Crippen LogP contribution < -0.4 is 5.09 Å². The van der Waals surface area contributed by atoms with Crippen molar-refractivity contribution in [3.8, 4) is 0 Å². The summed E-state index contributed by atoms with van der Waals surface area (Å²) in [5, 5.41) is 2.88. The molecule has 0 aliphatic carbocycles. The van der Waals surface area contributed by atoms with Crippen LogP contribution in [0.25, 0.3) is 0 Å². The van der Waals surface area contributed by atoms with E-state index in [1.54, 1.807) is 11.7 Å². The SMILES string of the molecule is CN(CCCl)P1(=O)NCCCO1. The average Bonchev–Trinajstić information content (AvgIpc) is 2.06. The first kappa shape index (κ1) is 10.5. The Morgan fingerprint density at radius 2 is 2.50 bits per heavy atom. The van der Waals surface area contributed by atoms with E-state index in [2.05, 4.69) is 5.09 Å². The average molecular weight is 213 g/mol. The van der Waals surface area contributed by atoms with Crippen LogP contribution in [-0.4, -0.2) is 37.3 Å². The first-order chi connectivity index (χ1) is 5.69. The number of halogens is 1. The van der Waals surface area contributed by atoms with Crippen LogP contribution in [0.3, 0.4) is 0 Å². The second-order valence-electron chi connectivity index (χ2n) is 2.69. The first-order valence-electron chi connectivity index (χ1n) is 3.96. The second-order valence-corrected chi connectivity index (χ2v) is 5.36. The largest absolute Gasteiger partial charge is 0.343 e. The third kappa shape index (κ3) is 2.44. The molecule has 1 aliphatic rings. The fraction of sp³-hybridized carbons (Fsp3) is 1.00. The molecule has 6 heteroatoms. The lowest BCUT2D eigenvalue weighted by Crippen LogP contribution is -2.32. The number of nitrogens with one attached hydrogen (secondary N) is 1. The Bertz CT molecular complexity index is 180. The number of alkyl halides is 1. The number of rotatable bonds is 3. The molecule has 0 bridgehead atoms. The smallest absolute Gasteiger partial charge is 0.306 e. The third-order valence-corrected chi connectivity index (χ3v) is 4.18. The summed E-state index contributed by atoms with van der Waals surface area (Å²) in [6.45, 7) is 1.90. The maximum atomic E-state index is 11.9. The van der Waals surface area contributed by atoms with Crippen LogP contribution in [0.4, 0.5) is 0 Å². The minimum Gasteiger partial charge on any atom is -0.306 e. The number of nitrogens with zero attached hydrogens (tertiary/aromatic N) is 1. The van der Waals surface area contributed by atoms with Crippen LogP contribution in [0.5, 0.6) is 0 Å². The van der Waals surface area contributed by atoms with Gasteiger partial charge in [0.25, 0.3) is 0 Å². The summed E-state index contributed by atoms with van der Waals surface area (Å²) in [5.41, 5.74) is 0. The molecule has 0 radical (unpaired) electrons. The predicted octanol–water partition coefficient (Wildman–Crippen LogP) is 1.27. The molecule has 1 atom stereocenters. The van der Waals surface area contributed by atoms with Crippen molar-refractivity contribution in [1.82, 2.24) is 9.76 Å². The van der Waals surface area contributed by atoms with E-state index in [-0.39, 0.29) is 0 Å². The Balaban J connectivity index is 2.50. The Morgan fingerprint density at radius 1 is 1.75 bits per heavy atom. The second kappa shape index (κ2) is 4.58. The van der Waals surface area contributed by atoms with Gasteiger partial charge >= 0.3 is 7.67 Å². The van der Waals surface area contributed by atoms with E-state index in [1.165, 1.54) is 0 Å². The lowest BCUT2D eigenvalue weighted by Gasteiger charge is -2.30. The topological polar surface area (TPSA) is 41.6 Å². The van der Waals surface area contributed by atoms with Gasteiger partial charge in [0.1, 0.15) is 0 Å². The molecule has 72 valence electrons. The van der Waals surface area contributed by atoms with Crippen LogP contribution in [0.2, 0.25) is 0 Å². The molecular weight excluding hydrogens is 199 g/mol. The Hall–Kier alpha value is 0.400. The van der Waals surface area contributed by atoms with Crippen molar-refractivity contribution >= 4 is 19.3 Å². The summed E-state index contributed by atoms with van der Waals surface area (Å²) in [7, 11) is -0.971. The third-order valence-electron chi connectivity index (χ3n) is 1.76. The van der Waals surface area contributed by atoms with Gasteiger partial charge in [-0.25, -0.2) is 9.76 Å². The van der Waals surface area contributed by atoms with Gasteiger partial charge in [0.15, 0.2) is 0 Å². The van der Waals surface area contributed by atoms with E-state index in [0.29, 0.717) is 19.0 Å².